The molecule has 1 saturated heterocycles. The fourth-order valence-corrected chi connectivity index (χ4v) is 3.82. The molecule has 0 aromatic carbocycles. The van der Waals surface area contributed by atoms with Gasteiger partial charge < -0.3 is 16.0 Å². The van der Waals surface area contributed by atoms with Crippen molar-refractivity contribution in [3.05, 3.63) is 36.2 Å². The maximum absolute atomic E-state index is 5.91. The van der Waals surface area contributed by atoms with E-state index < -0.39 is 0 Å². The number of nitrogens with two attached hydrogens (primary N) is 1. The number of nitrogens with one attached hydrogen (secondary N) is 1. The van der Waals surface area contributed by atoms with Crippen LogP contribution in [-0.2, 0) is 0 Å². The number of aromatic nitrogens is 2. The second-order valence-electron chi connectivity index (χ2n) is 7.62. The van der Waals surface area contributed by atoms with Crippen LogP contribution >= 0.6 is 0 Å². The minimum atomic E-state index is 0.455. The molecule has 3 heterocycles. The lowest BCUT2D eigenvalue weighted by Crippen LogP contribution is -2.47. The van der Waals surface area contributed by atoms with Crippen molar-refractivity contribution in [2.45, 2.75) is 45.7 Å². The van der Waals surface area contributed by atoms with Crippen LogP contribution in [0.15, 0.2) is 30.6 Å². The molecule has 27 heavy (non-hydrogen) atoms. The summed E-state index contributed by atoms with van der Waals surface area (Å²) in [6, 6.07) is 0. The second kappa shape index (κ2) is 9.85. The Morgan fingerprint density at radius 1 is 1.19 bits per heavy atom. The molecule has 1 aromatic heterocycles. The Balaban J connectivity index is 1.42. The van der Waals surface area contributed by atoms with E-state index in [0.717, 1.165) is 55.9 Å². The molecule has 1 aromatic rings. The van der Waals surface area contributed by atoms with Gasteiger partial charge in [-0.1, -0.05) is 18.2 Å². The summed E-state index contributed by atoms with van der Waals surface area (Å²) in [6.45, 7) is 9.68. The van der Waals surface area contributed by atoms with Gasteiger partial charge in [-0.2, -0.15) is 0 Å². The van der Waals surface area contributed by atoms with Crippen LogP contribution in [0.3, 0.4) is 0 Å². The van der Waals surface area contributed by atoms with Crippen LogP contribution in [0, 0.1) is 5.92 Å². The first kappa shape index (κ1) is 19.8. The predicted octanol–water partition coefficient (Wildman–Crippen LogP) is 2.60. The standard InChI is InChI=1S/C21H34N6/c1-3-20(22)19-15-24-21(25-16-19)27-12-8-18(9-13-27)14-23-17(2)26-10-6-4-5-7-11-26/h3-5,15-18,23H,6-14,22H2,1-2H3/b20-3+. The molecule has 1 atom stereocenters. The highest BCUT2D eigenvalue weighted by atomic mass is 15.3. The van der Waals surface area contributed by atoms with Crippen LogP contribution in [0.1, 0.15) is 45.1 Å². The summed E-state index contributed by atoms with van der Waals surface area (Å²) in [7, 11) is 0. The molecule has 3 rings (SSSR count). The maximum atomic E-state index is 5.91. The molecule has 6 heteroatoms. The van der Waals surface area contributed by atoms with E-state index >= 15 is 0 Å². The van der Waals surface area contributed by atoms with Gasteiger partial charge in [0.1, 0.15) is 0 Å². The molecule has 6 nitrogen and oxygen atoms in total. The smallest absolute Gasteiger partial charge is 0.225 e. The van der Waals surface area contributed by atoms with Gasteiger partial charge in [0, 0.05) is 49.8 Å². The van der Waals surface area contributed by atoms with Crippen LogP contribution in [0.5, 0.6) is 0 Å². The Labute approximate surface area is 163 Å². The third-order valence-electron chi connectivity index (χ3n) is 5.76. The Morgan fingerprint density at radius 2 is 1.81 bits per heavy atom. The van der Waals surface area contributed by atoms with E-state index in [4.69, 9.17) is 5.73 Å². The molecule has 2 aliphatic rings. The van der Waals surface area contributed by atoms with Gasteiger partial charge in [-0.3, -0.25) is 4.90 Å². The van der Waals surface area contributed by atoms with E-state index in [-0.39, 0.29) is 0 Å². The first-order valence-corrected chi connectivity index (χ1v) is 10.3. The fraction of sp³-hybridized carbons (Fsp3) is 0.619. The van der Waals surface area contributed by atoms with E-state index in [1.54, 1.807) is 0 Å². The van der Waals surface area contributed by atoms with Crippen molar-refractivity contribution in [1.29, 1.82) is 0 Å². The number of hydrogen-bond donors (Lipinski definition) is 2. The van der Waals surface area contributed by atoms with Crippen LogP contribution in [0.4, 0.5) is 5.95 Å². The molecule has 0 aliphatic carbocycles. The van der Waals surface area contributed by atoms with Crippen LogP contribution < -0.4 is 16.0 Å². The number of hydrogen-bond acceptors (Lipinski definition) is 6. The second-order valence-corrected chi connectivity index (χ2v) is 7.62. The van der Waals surface area contributed by atoms with Crippen molar-refractivity contribution in [3.8, 4) is 0 Å². The Kier molecular flexibility index (Phi) is 7.24. The van der Waals surface area contributed by atoms with E-state index in [0.29, 0.717) is 6.17 Å². The minimum Gasteiger partial charge on any atom is -0.398 e. The lowest BCUT2D eigenvalue weighted by atomic mass is 9.97. The van der Waals surface area contributed by atoms with E-state index in [1.165, 1.54) is 25.7 Å². The third kappa shape index (κ3) is 5.53. The molecule has 0 amide bonds. The maximum Gasteiger partial charge on any atom is 0.225 e. The molecule has 148 valence electrons. The molecule has 2 aliphatic heterocycles. The Morgan fingerprint density at radius 3 is 2.41 bits per heavy atom. The molecule has 0 bridgehead atoms. The molecular formula is C21H34N6. The number of nitrogens with zero attached hydrogens (tertiary/aromatic N) is 4. The zero-order valence-corrected chi connectivity index (χ0v) is 16.8. The number of allylic oxidation sites excluding steroid dienone is 1. The first-order valence-electron chi connectivity index (χ1n) is 10.3. The third-order valence-corrected chi connectivity index (χ3v) is 5.76. The van der Waals surface area contributed by atoms with Crippen LogP contribution in [0.2, 0.25) is 0 Å². The zero-order chi connectivity index (χ0) is 19.1. The molecule has 0 saturated carbocycles. The Hall–Kier alpha value is -1.92. The van der Waals surface area contributed by atoms with Crippen molar-refractivity contribution in [1.82, 2.24) is 20.2 Å². The van der Waals surface area contributed by atoms with E-state index in [2.05, 4.69) is 44.2 Å². The summed E-state index contributed by atoms with van der Waals surface area (Å²) in [5.41, 5.74) is 7.52. The first-order chi connectivity index (χ1) is 13.2. The van der Waals surface area contributed by atoms with Gasteiger partial charge in [0.15, 0.2) is 0 Å². The van der Waals surface area contributed by atoms with E-state index in [9.17, 15) is 0 Å². The van der Waals surface area contributed by atoms with Gasteiger partial charge in [-0.05, 0) is 52.0 Å². The van der Waals surface area contributed by atoms with Gasteiger partial charge in [0.2, 0.25) is 5.95 Å². The normalized spacial score (nSPS) is 21.3. The zero-order valence-electron chi connectivity index (χ0n) is 16.8. The van der Waals surface area contributed by atoms with Crippen molar-refractivity contribution in [3.63, 3.8) is 0 Å². The highest BCUT2D eigenvalue weighted by Gasteiger charge is 2.22. The lowest BCUT2D eigenvalue weighted by molar-refractivity contribution is 0.177. The van der Waals surface area contributed by atoms with Gasteiger partial charge in [-0.15, -0.1) is 0 Å². The molecule has 0 spiro atoms. The average Bonchev–Trinajstić information content (AvgIpc) is 3.01. The predicted molar refractivity (Wildman–Crippen MR) is 112 cm³/mol. The SMILES string of the molecule is C/C=C(/N)c1cnc(N2CCC(CNC(C)N3CCC=CCC3)CC2)nc1. The molecule has 3 N–H and O–H groups in total. The van der Waals surface area contributed by atoms with Crippen LogP contribution in [0.25, 0.3) is 5.70 Å². The van der Waals surface area contributed by atoms with Crippen molar-refractivity contribution < 1.29 is 0 Å². The van der Waals surface area contributed by atoms with Crippen molar-refractivity contribution in [2.75, 3.05) is 37.6 Å². The lowest BCUT2D eigenvalue weighted by Gasteiger charge is -2.34. The quantitative estimate of drug-likeness (QED) is 0.750. The molecule has 0 radical (unpaired) electrons. The summed E-state index contributed by atoms with van der Waals surface area (Å²) in [6.07, 6.45) is 15.3. The highest BCUT2D eigenvalue weighted by molar-refractivity contribution is 5.61. The monoisotopic (exact) mass is 370 g/mol. The van der Waals surface area contributed by atoms with Gasteiger partial charge >= 0.3 is 0 Å². The van der Waals surface area contributed by atoms with Crippen LogP contribution in [-0.4, -0.2) is 53.8 Å². The summed E-state index contributed by atoms with van der Waals surface area (Å²) in [4.78, 5) is 13.9. The summed E-state index contributed by atoms with van der Waals surface area (Å²) in [5.74, 6) is 1.55. The minimum absolute atomic E-state index is 0.455. The molecule has 1 fully saturated rings. The van der Waals surface area contributed by atoms with Gasteiger partial charge in [-0.25, -0.2) is 9.97 Å². The summed E-state index contributed by atoms with van der Waals surface area (Å²) in [5, 5.41) is 3.76. The highest BCUT2D eigenvalue weighted by Crippen LogP contribution is 2.21. The van der Waals surface area contributed by atoms with Crippen molar-refractivity contribution >= 4 is 11.6 Å². The number of anilines is 1. The fourth-order valence-electron chi connectivity index (χ4n) is 3.82. The van der Waals surface area contributed by atoms with Gasteiger partial charge in [0.05, 0.1) is 6.17 Å². The molecule has 1 unspecified atom stereocenters. The van der Waals surface area contributed by atoms with E-state index in [1.807, 2.05) is 25.4 Å². The number of piperidine rings is 1. The summed E-state index contributed by atoms with van der Waals surface area (Å²) < 4.78 is 0. The van der Waals surface area contributed by atoms with Crippen molar-refractivity contribution in [2.24, 2.45) is 11.7 Å². The summed E-state index contributed by atoms with van der Waals surface area (Å²) >= 11 is 0. The van der Waals surface area contributed by atoms with Gasteiger partial charge in [0.25, 0.3) is 0 Å². The average molecular weight is 371 g/mol. The molecular weight excluding hydrogens is 336 g/mol. The number of rotatable bonds is 6. The topological polar surface area (TPSA) is 70.3 Å². The largest absolute Gasteiger partial charge is 0.398 e. The Bertz CT molecular complexity index is 621.